The summed E-state index contributed by atoms with van der Waals surface area (Å²) < 4.78 is 14.3. The van der Waals surface area contributed by atoms with E-state index in [1.807, 2.05) is 36.4 Å². The fraction of sp³-hybridized carbons (Fsp3) is 0.0588. The van der Waals surface area contributed by atoms with Gasteiger partial charge in [-0.05, 0) is 35.7 Å². The first-order valence-corrected chi connectivity index (χ1v) is 7.33. The van der Waals surface area contributed by atoms with Crippen LogP contribution in [-0.4, -0.2) is 5.11 Å². The minimum Gasteiger partial charge on any atom is -0.508 e. The summed E-state index contributed by atoms with van der Waals surface area (Å²) in [6.07, 6.45) is 0. The number of fused-ring (bicyclic) bond motifs is 1. The van der Waals surface area contributed by atoms with Crippen LogP contribution in [0.25, 0.3) is 10.8 Å². The molecule has 0 atom stereocenters. The molecule has 0 unspecified atom stereocenters. The van der Waals surface area contributed by atoms with E-state index in [0.29, 0.717) is 12.1 Å². The topological polar surface area (TPSA) is 32.3 Å². The monoisotopic (exact) mass is 345 g/mol. The average molecular weight is 346 g/mol. The van der Waals surface area contributed by atoms with Crippen LogP contribution in [-0.2, 0) is 6.54 Å². The Morgan fingerprint density at radius 1 is 1.00 bits per heavy atom. The Labute approximate surface area is 130 Å². The summed E-state index contributed by atoms with van der Waals surface area (Å²) in [5.41, 5.74) is 1.47. The molecule has 106 valence electrons. The SMILES string of the molecule is Oc1ccc(F)cc1CNc1ccc(Br)c2ccccc12. The van der Waals surface area contributed by atoms with Gasteiger partial charge >= 0.3 is 0 Å². The number of rotatable bonds is 3. The van der Waals surface area contributed by atoms with E-state index in [1.165, 1.54) is 18.2 Å². The average Bonchev–Trinajstić information content (AvgIpc) is 2.50. The van der Waals surface area contributed by atoms with Gasteiger partial charge in [0.1, 0.15) is 11.6 Å². The van der Waals surface area contributed by atoms with Crippen molar-refractivity contribution in [3.05, 3.63) is 70.5 Å². The van der Waals surface area contributed by atoms with E-state index < -0.39 is 0 Å². The number of phenolic OH excluding ortho intramolecular Hbond substituents is 1. The quantitative estimate of drug-likeness (QED) is 0.695. The first-order valence-electron chi connectivity index (χ1n) is 6.53. The van der Waals surface area contributed by atoms with Gasteiger partial charge in [0.05, 0.1) is 0 Å². The van der Waals surface area contributed by atoms with Crippen molar-refractivity contribution in [1.29, 1.82) is 0 Å². The summed E-state index contributed by atoms with van der Waals surface area (Å²) in [6.45, 7) is 0.356. The molecule has 2 nitrogen and oxygen atoms in total. The molecule has 0 saturated heterocycles. The van der Waals surface area contributed by atoms with E-state index in [0.717, 1.165) is 20.9 Å². The van der Waals surface area contributed by atoms with Gasteiger partial charge in [-0.1, -0.05) is 40.2 Å². The van der Waals surface area contributed by atoms with Gasteiger partial charge in [0, 0.05) is 27.7 Å². The van der Waals surface area contributed by atoms with E-state index in [1.54, 1.807) is 0 Å². The van der Waals surface area contributed by atoms with Gasteiger partial charge in [0.15, 0.2) is 0 Å². The second-order valence-electron chi connectivity index (χ2n) is 4.77. The first-order chi connectivity index (χ1) is 10.1. The molecule has 0 fully saturated rings. The van der Waals surface area contributed by atoms with E-state index in [9.17, 15) is 9.50 Å². The number of nitrogens with one attached hydrogen (secondary N) is 1. The third-order valence-electron chi connectivity index (χ3n) is 3.38. The van der Waals surface area contributed by atoms with Gasteiger partial charge < -0.3 is 10.4 Å². The van der Waals surface area contributed by atoms with Crippen LogP contribution < -0.4 is 5.32 Å². The second-order valence-corrected chi connectivity index (χ2v) is 5.62. The molecule has 3 aromatic rings. The Bertz CT molecular complexity index is 804. The van der Waals surface area contributed by atoms with E-state index >= 15 is 0 Å². The smallest absolute Gasteiger partial charge is 0.123 e. The summed E-state index contributed by atoms with van der Waals surface area (Å²) in [5, 5.41) is 15.2. The predicted molar refractivity (Wildman–Crippen MR) is 87.0 cm³/mol. The van der Waals surface area contributed by atoms with Crippen LogP contribution in [0.4, 0.5) is 10.1 Å². The molecule has 0 amide bonds. The normalized spacial score (nSPS) is 10.8. The Balaban J connectivity index is 1.92. The lowest BCUT2D eigenvalue weighted by Gasteiger charge is -2.12. The van der Waals surface area contributed by atoms with Crippen molar-refractivity contribution in [1.82, 2.24) is 0 Å². The Morgan fingerprint density at radius 3 is 2.57 bits per heavy atom. The summed E-state index contributed by atoms with van der Waals surface area (Å²) in [6, 6.07) is 15.9. The molecule has 0 bridgehead atoms. The number of anilines is 1. The summed E-state index contributed by atoms with van der Waals surface area (Å²) >= 11 is 3.53. The molecular weight excluding hydrogens is 333 g/mol. The second kappa shape index (κ2) is 5.74. The first kappa shape index (κ1) is 13.9. The molecule has 3 aromatic carbocycles. The predicted octanol–water partition coefficient (Wildman–Crippen LogP) is 5.06. The zero-order valence-electron chi connectivity index (χ0n) is 11.1. The van der Waals surface area contributed by atoms with Crippen molar-refractivity contribution >= 4 is 32.4 Å². The summed E-state index contributed by atoms with van der Waals surface area (Å²) in [4.78, 5) is 0. The minimum absolute atomic E-state index is 0.0883. The maximum absolute atomic E-state index is 13.2. The van der Waals surface area contributed by atoms with Crippen LogP contribution in [0, 0.1) is 5.82 Å². The number of aromatic hydroxyl groups is 1. The lowest BCUT2D eigenvalue weighted by Crippen LogP contribution is -2.01. The van der Waals surface area contributed by atoms with Gasteiger partial charge in [-0.25, -0.2) is 4.39 Å². The van der Waals surface area contributed by atoms with Crippen LogP contribution in [0.5, 0.6) is 5.75 Å². The highest BCUT2D eigenvalue weighted by molar-refractivity contribution is 9.10. The van der Waals surface area contributed by atoms with Crippen molar-refractivity contribution < 1.29 is 9.50 Å². The Morgan fingerprint density at radius 2 is 1.76 bits per heavy atom. The van der Waals surface area contributed by atoms with Gasteiger partial charge in [-0.3, -0.25) is 0 Å². The zero-order valence-corrected chi connectivity index (χ0v) is 12.7. The van der Waals surface area contributed by atoms with Crippen LogP contribution in [0.3, 0.4) is 0 Å². The minimum atomic E-state index is -0.356. The fourth-order valence-corrected chi connectivity index (χ4v) is 2.78. The van der Waals surface area contributed by atoms with Crippen molar-refractivity contribution in [2.75, 3.05) is 5.32 Å². The van der Waals surface area contributed by atoms with E-state index in [4.69, 9.17) is 0 Å². The van der Waals surface area contributed by atoms with Crippen LogP contribution in [0.2, 0.25) is 0 Å². The lowest BCUT2D eigenvalue weighted by molar-refractivity contribution is 0.466. The molecular formula is C17H13BrFNO. The van der Waals surface area contributed by atoms with Gasteiger partial charge in [0.2, 0.25) is 0 Å². The third kappa shape index (κ3) is 2.85. The van der Waals surface area contributed by atoms with Gasteiger partial charge in [-0.15, -0.1) is 0 Å². The molecule has 2 N–H and O–H groups in total. The molecule has 0 aromatic heterocycles. The maximum atomic E-state index is 13.2. The molecule has 0 aliphatic carbocycles. The molecule has 0 heterocycles. The zero-order chi connectivity index (χ0) is 14.8. The van der Waals surface area contributed by atoms with E-state index in [-0.39, 0.29) is 11.6 Å². The molecule has 0 spiro atoms. The number of phenols is 1. The maximum Gasteiger partial charge on any atom is 0.123 e. The highest BCUT2D eigenvalue weighted by Crippen LogP contribution is 2.30. The standard InChI is InChI=1S/C17H13BrFNO/c18-15-6-7-16(14-4-2-1-3-13(14)15)20-10-11-9-12(19)5-8-17(11)21/h1-9,20-21H,10H2. The molecule has 3 rings (SSSR count). The number of benzene rings is 3. The largest absolute Gasteiger partial charge is 0.508 e. The van der Waals surface area contributed by atoms with E-state index in [2.05, 4.69) is 21.2 Å². The van der Waals surface area contributed by atoms with Crippen molar-refractivity contribution in [2.45, 2.75) is 6.54 Å². The number of hydrogen-bond donors (Lipinski definition) is 2. The molecule has 0 radical (unpaired) electrons. The lowest BCUT2D eigenvalue weighted by atomic mass is 10.1. The molecule has 0 aliphatic heterocycles. The highest BCUT2D eigenvalue weighted by Gasteiger charge is 2.06. The molecule has 21 heavy (non-hydrogen) atoms. The Hall–Kier alpha value is -2.07. The fourth-order valence-electron chi connectivity index (χ4n) is 2.30. The number of halogens is 2. The van der Waals surface area contributed by atoms with Gasteiger partial charge in [-0.2, -0.15) is 0 Å². The Kier molecular flexibility index (Phi) is 3.80. The molecule has 4 heteroatoms. The van der Waals surface area contributed by atoms with Crippen molar-refractivity contribution in [3.8, 4) is 5.75 Å². The van der Waals surface area contributed by atoms with Crippen molar-refractivity contribution in [3.63, 3.8) is 0 Å². The van der Waals surface area contributed by atoms with Gasteiger partial charge in [0.25, 0.3) is 0 Å². The molecule has 0 aliphatic rings. The van der Waals surface area contributed by atoms with Crippen LogP contribution >= 0.6 is 15.9 Å². The van der Waals surface area contributed by atoms with Crippen LogP contribution in [0.15, 0.2) is 59.1 Å². The molecule has 0 saturated carbocycles. The third-order valence-corrected chi connectivity index (χ3v) is 4.07. The highest BCUT2D eigenvalue weighted by atomic mass is 79.9. The summed E-state index contributed by atoms with van der Waals surface area (Å²) in [5.74, 6) is -0.268. The van der Waals surface area contributed by atoms with Crippen LogP contribution in [0.1, 0.15) is 5.56 Å². The summed E-state index contributed by atoms with van der Waals surface area (Å²) in [7, 11) is 0. The van der Waals surface area contributed by atoms with Crippen molar-refractivity contribution in [2.24, 2.45) is 0 Å². The number of hydrogen-bond acceptors (Lipinski definition) is 2.